The molecule has 2 aliphatic rings. The van der Waals surface area contributed by atoms with Crippen molar-refractivity contribution in [3.63, 3.8) is 0 Å². The topological polar surface area (TPSA) is 84.3 Å². The molecule has 0 saturated carbocycles. The van der Waals surface area contributed by atoms with Gasteiger partial charge in [-0.05, 0) is 18.2 Å². The number of fused-ring (bicyclic) bond motifs is 1. The molecular weight excluding hydrogens is 328 g/mol. The van der Waals surface area contributed by atoms with E-state index in [1.165, 1.54) is 0 Å². The predicted molar refractivity (Wildman–Crippen MR) is 94.6 cm³/mol. The molecule has 0 aromatic carbocycles. The monoisotopic (exact) mass is 347 g/mol. The molecule has 3 N–H and O–H groups in total. The van der Waals surface area contributed by atoms with Crippen LogP contribution in [0.2, 0.25) is 0 Å². The summed E-state index contributed by atoms with van der Waals surface area (Å²) >= 11 is 0. The molecule has 0 aliphatic carbocycles. The Morgan fingerprint density at radius 1 is 1.35 bits per heavy atom. The fourth-order valence-corrected chi connectivity index (χ4v) is 3.04. The van der Waals surface area contributed by atoms with Crippen LogP contribution in [0.4, 0.5) is 0 Å². The summed E-state index contributed by atoms with van der Waals surface area (Å²) < 4.78 is 0. The summed E-state index contributed by atoms with van der Waals surface area (Å²) in [5, 5.41) is 6.26. The minimum atomic E-state index is -0.155. The first kappa shape index (κ1) is 16.0. The second kappa shape index (κ2) is 7.18. The predicted octanol–water partition coefficient (Wildman–Crippen LogP) is 0.676. The second-order valence-corrected chi connectivity index (χ2v) is 6.02. The zero-order chi connectivity index (χ0) is 17.8. The number of carbonyl (C=O) groups is 1. The number of allylic oxidation sites excluding steroid dienone is 3. The Hall–Kier alpha value is -3.48. The Morgan fingerprint density at radius 2 is 2.31 bits per heavy atom. The molecule has 2 aromatic rings. The molecule has 4 rings (SSSR count). The average Bonchev–Trinajstić information content (AvgIpc) is 3.06. The third kappa shape index (κ3) is 3.32. The molecule has 0 bridgehead atoms. The Morgan fingerprint density at radius 3 is 3.12 bits per heavy atom. The summed E-state index contributed by atoms with van der Waals surface area (Å²) in [5.74, 6) is -0.155. The molecule has 0 radical (unpaired) electrons. The van der Waals surface area contributed by atoms with Crippen molar-refractivity contribution >= 4 is 5.91 Å². The second-order valence-electron chi connectivity index (χ2n) is 6.02. The molecule has 2 aromatic heterocycles. The van der Waals surface area contributed by atoms with Crippen LogP contribution in [-0.4, -0.2) is 26.9 Å². The Bertz CT molecular complexity index is 875. The van der Waals surface area contributed by atoms with Crippen molar-refractivity contribution in [3.05, 3.63) is 90.2 Å². The number of hydrogen-bond donors (Lipinski definition) is 2. The van der Waals surface area contributed by atoms with Gasteiger partial charge in [-0.25, -0.2) is 4.98 Å². The van der Waals surface area contributed by atoms with Crippen molar-refractivity contribution in [3.8, 4) is 0 Å². The highest BCUT2D eigenvalue weighted by molar-refractivity contribution is 5.94. The van der Waals surface area contributed by atoms with Gasteiger partial charge in [0, 0.05) is 36.6 Å². The maximum Gasteiger partial charge on any atom is 0.269 e. The van der Waals surface area contributed by atoms with E-state index in [4.69, 9.17) is 0 Å². The van der Waals surface area contributed by atoms with Gasteiger partial charge in [-0.3, -0.25) is 14.8 Å². The summed E-state index contributed by atoms with van der Waals surface area (Å²) in [6.07, 6.45) is 17.3. The third-order valence-corrected chi connectivity index (χ3v) is 4.27. The number of carbonyl (C=O) groups excluding carboxylic acids is 1. The van der Waals surface area contributed by atoms with Crippen LogP contribution < -0.4 is 15.6 Å². The van der Waals surface area contributed by atoms with Gasteiger partial charge in [0.1, 0.15) is 11.9 Å². The van der Waals surface area contributed by atoms with E-state index >= 15 is 0 Å². The zero-order valence-corrected chi connectivity index (χ0v) is 14.1. The van der Waals surface area contributed by atoms with Gasteiger partial charge < -0.3 is 15.5 Å². The lowest BCUT2D eigenvalue weighted by atomic mass is 10.1. The van der Waals surface area contributed by atoms with Gasteiger partial charge in [-0.1, -0.05) is 6.08 Å². The molecule has 0 fully saturated rings. The van der Waals surface area contributed by atoms with Gasteiger partial charge in [0.2, 0.25) is 0 Å². The maximum absolute atomic E-state index is 12.7. The number of pyridine rings is 1. The molecule has 1 atom stereocenters. The van der Waals surface area contributed by atoms with Crippen molar-refractivity contribution in [2.75, 3.05) is 0 Å². The summed E-state index contributed by atoms with van der Waals surface area (Å²) in [5.41, 5.74) is 3.32. The van der Waals surface area contributed by atoms with E-state index in [0.29, 0.717) is 12.2 Å². The van der Waals surface area contributed by atoms with Gasteiger partial charge in [0.15, 0.2) is 12.4 Å². The molecule has 0 saturated heterocycles. The van der Waals surface area contributed by atoms with E-state index < -0.39 is 0 Å². The largest absolute Gasteiger partial charge is 0.358 e. The lowest BCUT2D eigenvalue weighted by Gasteiger charge is -2.25. The van der Waals surface area contributed by atoms with E-state index in [1.54, 1.807) is 18.6 Å². The van der Waals surface area contributed by atoms with Crippen molar-refractivity contribution in [1.82, 2.24) is 25.5 Å². The summed E-state index contributed by atoms with van der Waals surface area (Å²) in [4.78, 5) is 26.1. The molecular formula is C19H19N6O+. The first-order valence-electron chi connectivity index (χ1n) is 8.43. The summed E-state index contributed by atoms with van der Waals surface area (Å²) in [7, 11) is 0. The number of nitrogens with zero attached hydrogens (tertiary/aromatic N) is 3. The molecule has 130 valence electrons. The van der Waals surface area contributed by atoms with Crippen molar-refractivity contribution in [2.45, 2.75) is 19.1 Å². The molecule has 4 heterocycles. The number of nitrogens with one attached hydrogen (secondary N) is 3. The number of rotatable bonds is 5. The van der Waals surface area contributed by atoms with E-state index in [2.05, 4.69) is 36.6 Å². The molecule has 7 nitrogen and oxygen atoms in total. The first-order chi connectivity index (χ1) is 12.8. The fraction of sp³-hybridized carbons (Fsp3) is 0.158. The van der Waals surface area contributed by atoms with Crippen molar-refractivity contribution in [2.24, 2.45) is 0 Å². The highest BCUT2D eigenvalue weighted by atomic mass is 16.2. The van der Waals surface area contributed by atoms with E-state index in [9.17, 15) is 4.79 Å². The number of H-pyrrole nitrogens is 1. The number of amides is 1. The van der Waals surface area contributed by atoms with Crippen LogP contribution in [0.1, 0.15) is 11.3 Å². The van der Waals surface area contributed by atoms with Crippen molar-refractivity contribution < 1.29 is 9.78 Å². The maximum atomic E-state index is 12.7. The zero-order valence-electron chi connectivity index (χ0n) is 14.1. The molecule has 1 amide bonds. The Balaban J connectivity index is 1.49. The third-order valence-electron chi connectivity index (χ3n) is 4.27. The Labute approximate surface area is 151 Å². The van der Waals surface area contributed by atoms with Crippen molar-refractivity contribution in [1.29, 1.82) is 0 Å². The van der Waals surface area contributed by atoms with Gasteiger partial charge in [0.05, 0.1) is 24.1 Å². The lowest BCUT2D eigenvalue weighted by molar-refractivity contribution is -0.378. The average molecular weight is 347 g/mol. The quantitative estimate of drug-likeness (QED) is 0.831. The first-order valence-corrected chi connectivity index (χ1v) is 8.43. The van der Waals surface area contributed by atoms with E-state index in [0.717, 1.165) is 23.4 Å². The van der Waals surface area contributed by atoms with Gasteiger partial charge in [-0.2, -0.15) is 0 Å². The minimum absolute atomic E-state index is 0.0146. The normalized spacial score (nSPS) is 17.8. The van der Waals surface area contributed by atoms with Crippen LogP contribution in [0.3, 0.4) is 0 Å². The highest BCUT2D eigenvalue weighted by Gasteiger charge is 2.33. The van der Waals surface area contributed by atoms with Crippen LogP contribution in [0, 0.1) is 0 Å². The SMILES string of the molecule is O=C(NCc1cnccn1)C1=C2C=CC=CN2C(Cc2ccc[nH+]c2)N1. The summed E-state index contributed by atoms with van der Waals surface area (Å²) in [6, 6.07) is 4.03. The highest BCUT2D eigenvalue weighted by Crippen LogP contribution is 2.26. The van der Waals surface area contributed by atoms with Crippen LogP contribution in [0.5, 0.6) is 0 Å². The Kier molecular flexibility index (Phi) is 4.42. The van der Waals surface area contributed by atoms with E-state index in [1.807, 2.05) is 42.9 Å². The minimum Gasteiger partial charge on any atom is -0.358 e. The van der Waals surface area contributed by atoms with Gasteiger partial charge in [-0.15, -0.1) is 0 Å². The molecule has 26 heavy (non-hydrogen) atoms. The molecule has 7 heteroatoms. The molecule has 0 spiro atoms. The van der Waals surface area contributed by atoms with Crippen LogP contribution in [0.15, 0.2) is 78.9 Å². The molecule has 2 aliphatic heterocycles. The van der Waals surface area contributed by atoms with E-state index in [-0.39, 0.29) is 12.1 Å². The van der Waals surface area contributed by atoms with Crippen LogP contribution >= 0.6 is 0 Å². The lowest BCUT2D eigenvalue weighted by Crippen LogP contribution is -2.38. The standard InChI is InChI=1S/C19H18N6O/c26-19(23-13-15-12-21-7-8-22-15)18-16-5-1-2-9-25(16)17(24-18)10-14-4-3-6-20-11-14/h1-9,11-12,17,24H,10,13H2,(H,23,26)/p+1. The van der Waals surface area contributed by atoms with Gasteiger partial charge in [0.25, 0.3) is 5.91 Å². The number of aromatic amines is 1. The molecule has 1 unspecified atom stereocenters. The van der Waals surface area contributed by atoms with Crippen LogP contribution in [-0.2, 0) is 17.8 Å². The number of aromatic nitrogens is 3. The summed E-state index contributed by atoms with van der Waals surface area (Å²) in [6.45, 7) is 0.336. The van der Waals surface area contributed by atoms with Gasteiger partial charge >= 0.3 is 0 Å². The fourth-order valence-electron chi connectivity index (χ4n) is 3.04. The smallest absolute Gasteiger partial charge is 0.269 e. The number of hydrogen-bond acceptors (Lipinski definition) is 5. The van der Waals surface area contributed by atoms with Crippen LogP contribution in [0.25, 0.3) is 0 Å².